The van der Waals surface area contributed by atoms with Crippen molar-refractivity contribution in [3.8, 4) is 0 Å². The van der Waals surface area contributed by atoms with Gasteiger partial charge in [0.1, 0.15) is 5.82 Å². The molecular weight excluding hydrogens is 514 g/mol. The summed E-state index contributed by atoms with van der Waals surface area (Å²) in [7, 11) is -3.21. The first-order valence-corrected chi connectivity index (χ1v) is 11.6. The van der Waals surface area contributed by atoms with Gasteiger partial charge in [-0.1, -0.05) is 6.07 Å². The second-order valence-electron chi connectivity index (χ2n) is 6.21. The Hall–Kier alpha value is -1.27. The van der Waals surface area contributed by atoms with E-state index in [2.05, 4.69) is 20.6 Å². The summed E-state index contributed by atoms with van der Waals surface area (Å²) in [5.74, 6) is 0.0546. The molecule has 2 rings (SSSR count). The minimum atomic E-state index is -3.21. The lowest BCUT2D eigenvalue weighted by Crippen LogP contribution is -2.38. The molecule has 2 N–H and O–H groups in total. The highest BCUT2D eigenvalue weighted by Crippen LogP contribution is 2.15. The van der Waals surface area contributed by atoms with Crippen molar-refractivity contribution in [2.75, 3.05) is 19.3 Å². The summed E-state index contributed by atoms with van der Waals surface area (Å²) in [6.07, 6.45) is 1.93. The Morgan fingerprint density at radius 2 is 2.04 bits per heavy atom. The number of benzene rings is 1. The second-order valence-corrected chi connectivity index (χ2v) is 9.42. The third-order valence-corrected chi connectivity index (χ3v) is 5.34. The van der Waals surface area contributed by atoms with Crippen LogP contribution >= 0.6 is 35.3 Å². The topological polar surface area (TPSA) is 83.5 Å². The number of hydrogen-bond acceptors (Lipinski definition) is 5. The Morgan fingerprint density at radius 3 is 2.64 bits per heavy atom. The van der Waals surface area contributed by atoms with Gasteiger partial charge in [0.05, 0.1) is 23.0 Å². The van der Waals surface area contributed by atoms with Gasteiger partial charge in [0.2, 0.25) is 0 Å². The highest BCUT2D eigenvalue weighted by molar-refractivity contribution is 14.0. The highest BCUT2D eigenvalue weighted by Gasteiger charge is 2.11. The van der Waals surface area contributed by atoms with Crippen molar-refractivity contribution >= 4 is 51.1 Å². The van der Waals surface area contributed by atoms with E-state index in [1.807, 2.05) is 19.2 Å². The van der Waals surface area contributed by atoms with E-state index in [1.54, 1.807) is 11.3 Å². The van der Waals surface area contributed by atoms with E-state index in [-0.39, 0.29) is 36.3 Å². The largest absolute Gasteiger partial charge is 0.357 e. The van der Waals surface area contributed by atoms with Crippen molar-refractivity contribution in [3.05, 3.63) is 51.2 Å². The maximum absolute atomic E-state index is 13.6. The first kappa shape index (κ1) is 24.8. The van der Waals surface area contributed by atoms with Crippen LogP contribution in [0.1, 0.15) is 28.8 Å². The zero-order valence-electron chi connectivity index (χ0n) is 16.2. The van der Waals surface area contributed by atoms with Gasteiger partial charge in [-0.2, -0.15) is 0 Å². The lowest BCUT2D eigenvalue weighted by molar-refractivity contribution is 0.600. The zero-order chi connectivity index (χ0) is 19.9. The molecule has 0 aliphatic rings. The lowest BCUT2D eigenvalue weighted by Gasteiger charge is -2.12. The van der Waals surface area contributed by atoms with Gasteiger partial charge < -0.3 is 10.6 Å². The van der Waals surface area contributed by atoms with Crippen LogP contribution in [0.4, 0.5) is 4.39 Å². The average molecular weight is 540 g/mol. The molecule has 6 nitrogen and oxygen atoms in total. The molecule has 0 amide bonds. The van der Waals surface area contributed by atoms with Gasteiger partial charge in [0.25, 0.3) is 0 Å². The average Bonchev–Trinajstić information content (AvgIpc) is 2.99. The van der Waals surface area contributed by atoms with E-state index in [1.165, 1.54) is 18.2 Å². The maximum Gasteiger partial charge on any atom is 0.191 e. The van der Waals surface area contributed by atoms with Gasteiger partial charge >= 0.3 is 0 Å². The Morgan fingerprint density at radius 1 is 1.29 bits per heavy atom. The molecular formula is C18H26FIN4O2S2. The molecule has 1 aromatic heterocycles. The molecule has 0 spiro atoms. The molecule has 0 fully saturated rings. The van der Waals surface area contributed by atoms with E-state index < -0.39 is 15.7 Å². The number of hydrogen-bond donors (Lipinski definition) is 2. The fourth-order valence-corrected chi connectivity index (χ4v) is 4.00. The fourth-order valence-electron chi connectivity index (χ4n) is 2.50. The lowest BCUT2D eigenvalue weighted by atomic mass is 10.1. The number of sulfone groups is 1. The molecule has 28 heavy (non-hydrogen) atoms. The molecule has 2 aromatic rings. The molecule has 1 heterocycles. The van der Waals surface area contributed by atoms with Gasteiger partial charge in [-0.15, -0.1) is 35.3 Å². The summed E-state index contributed by atoms with van der Waals surface area (Å²) in [6, 6.07) is 4.12. The quantitative estimate of drug-likeness (QED) is 0.306. The van der Waals surface area contributed by atoms with Crippen LogP contribution in [0.15, 0.2) is 28.6 Å². The van der Waals surface area contributed by atoms with Crippen LogP contribution in [0.25, 0.3) is 0 Å². The molecule has 10 heteroatoms. The van der Waals surface area contributed by atoms with Gasteiger partial charge in [-0.05, 0) is 37.1 Å². The minimum absolute atomic E-state index is 0. The predicted molar refractivity (Wildman–Crippen MR) is 124 cm³/mol. The normalized spacial score (nSPS) is 11.8. The number of guanidine groups is 1. The number of thiazole rings is 1. The summed E-state index contributed by atoms with van der Waals surface area (Å²) < 4.78 is 36.8. The zero-order valence-corrected chi connectivity index (χ0v) is 20.1. The molecule has 0 aliphatic carbocycles. The van der Waals surface area contributed by atoms with Crippen molar-refractivity contribution in [1.82, 2.24) is 15.6 Å². The van der Waals surface area contributed by atoms with Crippen molar-refractivity contribution in [3.63, 3.8) is 0 Å². The van der Waals surface area contributed by atoms with Crippen LogP contribution in [0, 0.1) is 12.7 Å². The van der Waals surface area contributed by atoms with E-state index >= 15 is 0 Å². The van der Waals surface area contributed by atoms with Crippen LogP contribution in [-0.4, -0.2) is 38.7 Å². The number of halogens is 2. The van der Waals surface area contributed by atoms with Crippen molar-refractivity contribution in [1.29, 1.82) is 0 Å². The monoisotopic (exact) mass is 540 g/mol. The number of rotatable bonds is 8. The molecule has 0 aliphatic heterocycles. The van der Waals surface area contributed by atoms with Crippen LogP contribution in [0.2, 0.25) is 0 Å². The Bertz CT molecular complexity index is 901. The second kappa shape index (κ2) is 11.7. The van der Waals surface area contributed by atoms with Crippen molar-refractivity contribution in [2.45, 2.75) is 32.6 Å². The molecule has 0 atom stereocenters. The van der Waals surface area contributed by atoms with Gasteiger partial charge in [-0.3, -0.25) is 0 Å². The minimum Gasteiger partial charge on any atom is -0.357 e. The van der Waals surface area contributed by atoms with Gasteiger partial charge in [-0.25, -0.2) is 22.8 Å². The molecule has 0 saturated heterocycles. The van der Waals surface area contributed by atoms with E-state index in [4.69, 9.17) is 0 Å². The summed E-state index contributed by atoms with van der Waals surface area (Å²) in [4.78, 5) is 8.89. The van der Waals surface area contributed by atoms with Gasteiger partial charge in [0, 0.05) is 31.1 Å². The predicted octanol–water partition coefficient (Wildman–Crippen LogP) is 3.05. The van der Waals surface area contributed by atoms with Crippen LogP contribution in [-0.2, 0) is 28.6 Å². The highest BCUT2D eigenvalue weighted by atomic mass is 127. The van der Waals surface area contributed by atoms with E-state index in [0.717, 1.165) is 23.4 Å². The SMILES string of the molecule is CCNC(=NCc1cc(F)ccc1CS(C)(=O)=O)NCCc1csc(C)n1.I. The van der Waals surface area contributed by atoms with Crippen molar-refractivity contribution < 1.29 is 12.8 Å². The summed E-state index contributed by atoms with van der Waals surface area (Å²) in [5, 5.41) is 9.43. The number of aromatic nitrogens is 1. The first-order chi connectivity index (χ1) is 12.8. The number of nitrogens with zero attached hydrogens (tertiary/aromatic N) is 2. The summed E-state index contributed by atoms with van der Waals surface area (Å²) in [6.45, 7) is 5.46. The maximum atomic E-state index is 13.6. The fraction of sp³-hybridized carbons (Fsp3) is 0.444. The Kier molecular flexibility index (Phi) is 10.3. The molecule has 0 radical (unpaired) electrons. The van der Waals surface area contributed by atoms with E-state index in [9.17, 15) is 12.8 Å². The molecule has 0 unspecified atom stereocenters. The molecule has 0 saturated carbocycles. The molecule has 156 valence electrons. The summed E-state index contributed by atoms with van der Waals surface area (Å²) in [5.41, 5.74) is 2.16. The standard InChI is InChI=1S/C18H25FN4O2S2.HI/c1-4-20-18(21-8-7-17-11-26-13(2)23-17)22-10-15-9-16(19)6-5-14(15)12-27(3,24)25;/h5-6,9,11H,4,7-8,10,12H2,1-3H3,(H2,20,21,22);1H. The third-order valence-electron chi connectivity index (χ3n) is 3.68. The van der Waals surface area contributed by atoms with Crippen LogP contribution in [0.3, 0.4) is 0 Å². The smallest absolute Gasteiger partial charge is 0.191 e. The molecule has 0 bridgehead atoms. The molecule has 1 aromatic carbocycles. The third kappa shape index (κ3) is 8.82. The Balaban J connectivity index is 0.00000392. The number of nitrogens with one attached hydrogen (secondary N) is 2. The van der Waals surface area contributed by atoms with E-state index in [0.29, 0.717) is 30.2 Å². The first-order valence-electron chi connectivity index (χ1n) is 8.65. The van der Waals surface area contributed by atoms with Crippen LogP contribution in [0.5, 0.6) is 0 Å². The number of aryl methyl sites for hydroxylation is 1. The van der Waals surface area contributed by atoms with Crippen molar-refractivity contribution in [2.24, 2.45) is 4.99 Å². The number of aliphatic imine (C=N–C) groups is 1. The Labute approximate surface area is 187 Å². The van der Waals surface area contributed by atoms with Gasteiger partial charge in [0.15, 0.2) is 15.8 Å². The summed E-state index contributed by atoms with van der Waals surface area (Å²) >= 11 is 1.62. The van der Waals surface area contributed by atoms with Crippen LogP contribution < -0.4 is 10.6 Å².